The summed E-state index contributed by atoms with van der Waals surface area (Å²) in [4.78, 5) is 21.5. The molecule has 3 aromatic rings. The summed E-state index contributed by atoms with van der Waals surface area (Å²) in [6.07, 6.45) is 6.26. The Kier molecular flexibility index (Phi) is 4.71. The normalized spacial score (nSPS) is 15.1. The number of aryl methyl sites for hydroxylation is 1. The van der Waals surface area contributed by atoms with E-state index in [9.17, 15) is 4.79 Å². The lowest BCUT2D eigenvalue weighted by Gasteiger charge is -2.21. The van der Waals surface area contributed by atoms with E-state index in [1.165, 1.54) is 0 Å². The number of anilines is 1. The molecule has 0 N–H and O–H groups in total. The fourth-order valence-corrected chi connectivity index (χ4v) is 3.95. The van der Waals surface area contributed by atoms with E-state index in [4.69, 9.17) is 0 Å². The van der Waals surface area contributed by atoms with Crippen molar-refractivity contribution in [2.45, 2.75) is 13.3 Å². The van der Waals surface area contributed by atoms with Gasteiger partial charge in [-0.15, -0.1) is 11.3 Å². The highest BCUT2D eigenvalue weighted by atomic mass is 32.1. The molecule has 7 heteroatoms. The monoisotopic (exact) mass is 367 g/mol. The first kappa shape index (κ1) is 16.8. The van der Waals surface area contributed by atoms with Crippen LogP contribution in [0, 0.1) is 6.92 Å². The number of para-hydroxylation sites is 1. The average molecular weight is 367 g/mol. The Morgan fingerprint density at radius 2 is 2.04 bits per heavy atom. The topological polar surface area (TPSA) is 54.3 Å². The predicted molar refractivity (Wildman–Crippen MR) is 103 cm³/mol. The lowest BCUT2D eigenvalue weighted by molar-refractivity contribution is 0.0767. The second-order valence-electron chi connectivity index (χ2n) is 6.41. The molecule has 1 amide bonds. The summed E-state index contributed by atoms with van der Waals surface area (Å²) in [6, 6.07) is 8.03. The fraction of sp³-hybridized carbons (Fsp3) is 0.316. The number of hydrogen-bond acceptors (Lipinski definition) is 5. The molecule has 0 spiro atoms. The van der Waals surface area contributed by atoms with Gasteiger partial charge in [-0.3, -0.25) is 4.79 Å². The summed E-state index contributed by atoms with van der Waals surface area (Å²) < 4.78 is 1.78. The van der Waals surface area contributed by atoms with E-state index in [2.05, 4.69) is 15.0 Å². The van der Waals surface area contributed by atoms with Gasteiger partial charge in [0.05, 0.1) is 17.4 Å². The van der Waals surface area contributed by atoms with Gasteiger partial charge < -0.3 is 9.80 Å². The van der Waals surface area contributed by atoms with Gasteiger partial charge in [-0.25, -0.2) is 9.67 Å². The Morgan fingerprint density at radius 3 is 2.85 bits per heavy atom. The maximum atomic E-state index is 12.9. The van der Waals surface area contributed by atoms with Crippen LogP contribution < -0.4 is 4.90 Å². The lowest BCUT2D eigenvalue weighted by Crippen LogP contribution is -2.35. The molecular formula is C19H21N5OS. The minimum absolute atomic E-state index is 0.0471. The summed E-state index contributed by atoms with van der Waals surface area (Å²) in [6.45, 7) is 5.25. The molecule has 6 nitrogen and oxygen atoms in total. The Labute approximate surface area is 156 Å². The van der Waals surface area contributed by atoms with Crippen LogP contribution in [0.15, 0.2) is 48.2 Å². The first-order valence-electron chi connectivity index (χ1n) is 8.77. The number of carbonyl (C=O) groups is 1. The van der Waals surface area contributed by atoms with Gasteiger partial charge in [0.2, 0.25) is 0 Å². The molecular weight excluding hydrogens is 346 g/mol. The quantitative estimate of drug-likeness (QED) is 0.714. The zero-order chi connectivity index (χ0) is 17.9. The van der Waals surface area contributed by atoms with Crippen LogP contribution in [-0.2, 0) is 0 Å². The lowest BCUT2D eigenvalue weighted by atomic mass is 10.2. The third kappa shape index (κ3) is 3.35. The van der Waals surface area contributed by atoms with Gasteiger partial charge in [-0.1, -0.05) is 18.2 Å². The highest BCUT2D eigenvalue weighted by molar-refractivity contribution is 7.13. The van der Waals surface area contributed by atoms with Crippen molar-refractivity contribution < 1.29 is 4.79 Å². The molecule has 0 unspecified atom stereocenters. The zero-order valence-electron chi connectivity index (χ0n) is 14.7. The van der Waals surface area contributed by atoms with Crippen molar-refractivity contribution in [3.05, 3.63) is 59.4 Å². The molecule has 1 saturated heterocycles. The zero-order valence-corrected chi connectivity index (χ0v) is 15.5. The molecule has 0 saturated carbocycles. The summed E-state index contributed by atoms with van der Waals surface area (Å²) in [5, 5.41) is 7.42. The maximum Gasteiger partial charge on any atom is 0.257 e. The van der Waals surface area contributed by atoms with Gasteiger partial charge in [-0.05, 0) is 25.0 Å². The third-order valence-electron chi connectivity index (χ3n) is 4.66. The van der Waals surface area contributed by atoms with Crippen LogP contribution in [0.1, 0.15) is 22.3 Å². The number of benzene rings is 1. The molecule has 0 atom stereocenters. The van der Waals surface area contributed by atoms with Gasteiger partial charge >= 0.3 is 0 Å². The number of rotatable bonds is 3. The van der Waals surface area contributed by atoms with Crippen LogP contribution in [0.4, 0.5) is 5.13 Å². The maximum absolute atomic E-state index is 12.9. The molecule has 3 heterocycles. The van der Waals surface area contributed by atoms with E-state index in [0.29, 0.717) is 12.1 Å². The highest BCUT2D eigenvalue weighted by Gasteiger charge is 2.22. The number of nitrogens with zero attached hydrogens (tertiary/aromatic N) is 5. The van der Waals surface area contributed by atoms with Crippen molar-refractivity contribution in [2.24, 2.45) is 0 Å². The molecule has 2 aromatic heterocycles. The number of thiazole rings is 1. The summed E-state index contributed by atoms with van der Waals surface area (Å²) in [7, 11) is 0. The van der Waals surface area contributed by atoms with E-state index in [1.54, 1.807) is 22.2 Å². The van der Waals surface area contributed by atoms with Crippen LogP contribution in [0.25, 0.3) is 5.69 Å². The van der Waals surface area contributed by atoms with E-state index < -0.39 is 0 Å². The van der Waals surface area contributed by atoms with Crippen molar-refractivity contribution in [2.75, 3.05) is 31.1 Å². The molecule has 0 bridgehead atoms. The van der Waals surface area contributed by atoms with Gasteiger partial charge in [0.1, 0.15) is 0 Å². The van der Waals surface area contributed by atoms with Gasteiger partial charge in [0.15, 0.2) is 5.13 Å². The molecule has 1 aromatic carbocycles. The van der Waals surface area contributed by atoms with Crippen LogP contribution in [0.2, 0.25) is 0 Å². The minimum atomic E-state index is 0.0471. The molecule has 4 rings (SSSR count). The van der Waals surface area contributed by atoms with Crippen LogP contribution >= 0.6 is 11.3 Å². The summed E-state index contributed by atoms with van der Waals surface area (Å²) in [5.41, 5.74) is 2.76. The Bertz CT molecular complexity index is 889. The van der Waals surface area contributed by atoms with E-state index >= 15 is 0 Å². The fourth-order valence-electron chi connectivity index (χ4n) is 3.25. The van der Waals surface area contributed by atoms with Crippen LogP contribution in [0.3, 0.4) is 0 Å². The second-order valence-corrected chi connectivity index (χ2v) is 7.28. The van der Waals surface area contributed by atoms with Crippen molar-refractivity contribution in [1.82, 2.24) is 19.7 Å². The molecule has 1 aliphatic heterocycles. The molecule has 0 radical (unpaired) electrons. The highest BCUT2D eigenvalue weighted by Crippen LogP contribution is 2.20. The second kappa shape index (κ2) is 7.29. The largest absolute Gasteiger partial charge is 0.346 e. The van der Waals surface area contributed by atoms with E-state index in [1.807, 2.05) is 53.9 Å². The standard InChI is InChI=1S/C19H21N5OS/c1-15-5-2-3-6-17(15)24-14-16(13-21-24)18(25)22-8-4-9-23(11-10-22)19-20-7-12-26-19/h2-3,5-7,12-14H,4,8-11H2,1H3. The Balaban J connectivity index is 1.47. The van der Waals surface area contributed by atoms with E-state index in [0.717, 1.165) is 42.4 Å². The van der Waals surface area contributed by atoms with Crippen LogP contribution in [-0.4, -0.2) is 51.8 Å². The average Bonchev–Trinajstić information content (AvgIpc) is 3.30. The molecule has 0 aliphatic carbocycles. The first-order chi connectivity index (χ1) is 12.7. The smallest absolute Gasteiger partial charge is 0.257 e. The van der Waals surface area contributed by atoms with Crippen molar-refractivity contribution >= 4 is 22.4 Å². The summed E-state index contributed by atoms with van der Waals surface area (Å²) >= 11 is 1.65. The number of carbonyl (C=O) groups excluding carboxylic acids is 1. The van der Waals surface area contributed by atoms with Crippen LogP contribution in [0.5, 0.6) is 0 Å². The van der Waals surface area contributed by atoms with Gasteiger partial charge in [0.25, 0.3) is 5.91 Å². The number of amides is 1. The predicted octanol–water partition coefficient (Wildman–Crippen LogP) is 2.99. The third-order valence-corrected chi connectivity index (χ3v) is 5.50. The summed E-state index contributed by atoms with van der Waals surface area (Å²) in [5.74, 6) is 0.0471. The molecule has 1 fully saturated rings. The van der Waals surface area contributed by atoms with Gasteiger partial charge in [-0.2, -0.15) is 5.10 Å². The van der Waals surface area contributed by atoms with Gasteiger partial charge in [0, 0.05) is 44.0 Å². The molecule has 1 aliphatic rings. The Hall–Kier alpha value is -2.67. The first-order valence-corrected chi connectivity index (χ1v) is 9.65. The number of aromatic nitrogens is 3. The number of hydrogen-bond donors (Lipinski definition) is 0. The molecule has 26 heavy (non-hydrogen) atoms. The SMILES string of the molecule is Cc1ccccc1-n1cc(C(=O)N2CCCN(c3nccs3)CC2)cn1. The van der Waals surface area contributed by atoms with Crippen molar-refractivity contribution in [3.8, 4) is 5.69 Å². The van der Waals surface area contributed by atoms with Crippen molar-refractivity contribution in [1.29, 1.82) is 0 Å². The Morgan fingerprint density at radius 1 is 1.15 bits per heavy atom. The molecule has 134 valence electrons. The van der Waals surface area contributed by atoms with E-state index in [-0.39, 0.29) is 5.91 Å². The van der Waals surface area contributed by atoms with Crippen molar-refractivity contribution in [3.63, 3.8) is 0 Å². The minimum Gasteiger partial charge on any atom is -0.346 e.